The van der Waals surface area contributed by atoms with Gasteiger partial charge >= 0.3 is 23.1 Å². The van der Waals surface area contributed by atoms with Crippen LogP contribution in [0.15, 0.2) is 59.5 Å². The van der Waals surface area contributed by atoms with Gasteiger partial charge in [-0.2, -0.15) is 8.42 Å². The van der Waals surface area contributed by atoms with E-state index >= 15 is 0 Å². The quantitative estimate of drug-likeness (QED) is 0.424. The lowest BCUT2D eigenvalue weighted by atomic mass is 10.0. The molecule has 3 nitrogen and oxygen atoms in total. The minimum absolute atomic E-state index is 0. The molecule has 0 atom stereocenters. The van der Waals surface area contributed by atoms with E-state index in [1.54, 1.807) is 12.1 Å². The number of benzene rings is 3. The van der Waals surface area contributed by atoms with Gasteiger partial charge in [0.05, 0.1) is 0 Å². The zero-order valence-corrected chi connectivity index (χ0v) is 10.2. The minimum Gasteiger partial charge on any atom is -0.282 e. The summed E-state index contributed by atoms with van der Waals surface area (Å²) in [5, 5.41) is 3.32. The summed E-state index contributed by atoms with van der Waals surface area (Å²) in [6.45, 7) is 0. The average Bonchev–Trinajstić information content (AvgIpc) is 2.34. The molecule has 1 N–H and O–H groups in total. The van der Waals surface area contributed by atoms with Crippen LogP contribution in [0.3, 0.4) is 0 Å². The van der Waals surface area contributed by atoms with Crippen LogP contribution in [-0.4, -0.2) is 36.0 Å². The van der Waals surface area contributed by atoms with Crippen molar-refractivity contribution < 1.29 is 13.0 Å². The Morgan fingerprint density at radius 1 is 0.789 bits per heavy atom. The van der Waals surface area contributed by atoms with Crippen molar-refractivity contribution in [2.45, 2.75) is 4.90 Å². The predicted octanol–water partition coefficient (Wildman–Crippen LogP) is 2.32. The molecule has 19 heavy (non-hydrogen) atoms. The maximum atomic E-state index is 11.3. The molecule has 0 amide bonds. The second-order valence-corrected chi connectivity index (χ2v) is 5.54. The molecule has 0 spiro atoms. The molecule has 0 aliphatic carbocycles. The van der Waals surface area contributed by atoms with Gasteiger partial charge in [0, 0.05) is 5.39 Å². The summed E-state index contributed by atoms with van der Waals surface area (Å²) in [4.78, 5) is -0.0502. The Hall–Kier alpha value is -1.14. The fourth-order valence-electron chi connectivity index (χ4n) is 2.16. The van der Waals surface area contributed by atoms with Crippen molar-refractivity contribution in [3.8, 4) is 0 Å². The van der Waals surface area contributed by atoms with Gasteiger partial charge in [-0.1, -0.05) is 36.4 Å². The van der Waals surface area contributed by atoms with Gasteiger partial charge in [-0.05, 0) is 34.4 Å². The lowest BCUT2D eigenvalue weighted by molar-refractivity contribution is 0.484. The van der Waals surface area contributed by atoms with Gasteiger partial charge in [0.1, 0.15) is 4.90 Å². The van der Waals surface area contributed by atoms with Crippen molar-refractivity contribution in [1.29, 1.82) is 0 Å². The van der Waals surface area contributed by atoms with Crippen molar-refractivity contribution in [2.75, 3.05) is 0 Å². The standard InChI is InChI=1S/C14H10O3S.Mg.2H/c15-18(16,17)14-7-3-6-12-8-10-4-1-2-5-11(10)9-13(12)14;;;/h1-9H,(H,15,16,17);;;. The maximum absolute atomic E-state index is 11.3. The summed E-state index contributed by atoms with van der Waals surface area (Å²) in [7, 11) is -4.20. The van der Waals surface area contributed by atoms with Gasteiger partial charge in [0.2, 0.25) is 0 Å². The fourth-order valence-corrected chi connectivity index (χ4v) is 2.87. The second kappa shape index (κ2) is 5.09. The van der Waals surface area contributed by atoms with Gasteiger partial charge < -0.3 is 0 Å². The summed E-state index contributed by atoms with van der Waals surface area (Å²) in [5.74, 6) is 0. The van der Waals surface area contributed by atoms with Crippen LogP contribution in [0, 0.1) is 0 Å². The Kier molecular flexibility index (Phi) is 3.82. The zero-order valence-electron chi connectivity index (χ0n) is 9.37. The summed E-state index contributed by atoms with van der Waals surface area (Å²) >= 11 is 0. The van der Waals surface area contributed by atoms with Crippen LogP contribution in [0.4, 0.5) is 0 Å². The summed E-state index contributed by atoms with van der Waals surface area (Å²) in [6.07, 6.45) is 0. The van der Waals surface area contributed by atoms with E-state index in [1.165, 1.54) is 6.07 Å². The van der Waals surface area contributed by atoms with E-state index in [-0.39, 0.29) is 27.9 Å². The molecule has 0 radical (unpaired) electrons. The van der Waals surface area contributed by atoms with Crippen LogP contribution in [0.1, 0.15) is 0 Å². The summed E-state index contributed by atoms with van der Waals surface area (Å²) < 4.78 is 31.9. The van der Waals surface area contributed by atoms with E-state index < -0.39 is 10.1 Å². The van der Waals surface area contributed by atoms with Crippen molar-refractivity contribution in [3.05, 3.63) is 54.6 Å². The fraction of sp³-hybridized carbons (Fsp3) is 0. The zero-order chi connectivity index (χ0) is 12.8. The summed E-state index contributed by atoms with van der Waals surface area (Å²) in [6, 6.07) is 16.3. The number of hydrogen-bond donors (Lipinski definition) is 1. The molecule has 94 valence electrons. The maximum Gasteiger partial charge on any atom is 0.316 e. The second-order valence-electron chi connectivity index (χ2n) is 4.15. The van der Waals surface area contributed by atoms with E-state index in [0.29, 0.717) is 5.39 Å². The van der Waals surface area contributed by atoms with E-state index in [1.807, 2.05) is 36.4 Å². The van der Waals surface area contributed by atoms with Crippen LogP contribution >= 0.6 is 0 Å². The third kappa shape index (κ3) is 2.60. The first-order chi connectivity index (χ1) is 8.55. The SMILES string of the molecule is O=S(=O)(O)c1cccc2cc3ccccc3cc12.[MgH2]. The molecular formula is C14H12MgO3S. The first-order valence-corrected chi connectivity index (χ1v) is 6.89. The highest BCUT2D eigenvalue weighted by Gasteiger charge is 2.13. The Bertz CT molecular complexity index is 857. The lowest BCUT2D eigenvalue weighted by Crippen LogP contribution is -1.98. The molecule has 0 saturated carbocycles. The summed E-state index contributed by atoms with van der Waals surface area (Å²) in [5.41, 5.74) is 0. The molecule has 0 aliphatic heterocycles. The molecule has 0 aliphatic rings. The molecule has 0 bridgehead atoms. The highest BCUT2D eigenvalue weighted by molar-refractivity contribution is 7.86. The van der Waals surface area contributed by atoms with Crippen molar-refractivity contribution in [1.82, 2.24) is 0 Å². The minimum atomic E-state index is -4.20. The molecule has 3 aromatic carbocycles. The molecule has 0 unspecified atom stereocenters. The van der Waals surface area contributed by atoms with Crippen LogP contribution < -0.4 is 0 Å². The normalized spacial score (nSPS) is 11.4. The largest absolute Gasteiger partial charge is 0.316 e. The van der Waals surface area contributed by atoms with Gasteiger partial charge in [-0.15, -0.1) is 0 Å². The molecular weight excluding hydrogens is 273 g/mol. The third-order valence-corrected chi connectivity index (χ3v) is 3.90. The first kappa shape index (κ1) is 14.3. The van der Waals surface area contributed by atoms with E-state index in [0.717, 1.165) is 16.2 Å². The van der Waals surface area contributed by atoms with E-state index in [2.05, 4.69) is 0 Å². The molecule has 5 heteroatoms. The van der Waals surface area contributed by atoms with Crippen LogP contribution in [0.5, 0.6) is 0 Å². The highest BCUT2D eigenvalue weighted by atomic mass is 32.2. The Balaban J connectivity index is 0.00000133. The predicted molar refractivity (Wildman–Crippen MR) is 79.8 cm³/mol. The van der Waals surface area contributed by atoms with Crippen LogP contribution in [0.25, 0.3) is 21.5 Å². The van der Waals surface area contributed by atoms with Crippen molar-refractivity contribution in [2.24, 2.45) is 0 Å². The molecule has 3 aromatic rings. The monoisotopic (exact) mass is 284 g/mol. The molecule has 0 aromatic heterocycles. The topological polar surface area (TPSA) is 54.4 Å². The van der Waals surface area contributed by atoms with E-state index in [9.17, 15) is 13.0 Å². The van der Waals surface area contributed by atoms with Gasteiger partial charge in [0.15, 0.2) is 0 Å². The van der Waals surface area contributed by atoms with Gasteiger partial charge in [-0.25, -0.2) is 0 Å². The molecule has 0 heterocycles. The average molecular weight is 285 g/mol. The van der Waals surface area contributed by atoms with Crippen LogP contribution in [0.2, 0.25) is 0 Å². The molecule has 0 saturated heterocycles. The Morgan fingerprint density at radius 3 is 2.00 bits per heavy atom. The third-order valence-electron chi connectivity index (χ3n) is 2.98. The van der Waals surface area contributed by atoms with Gasteiger partial charge in [0.25, 0.3) is 10.1 Å². The number of hydrogen-bond acceptors (Lipinski definition) is 2. The number of rotatable bonds is 1. The lowest BCUT2D eigenvalue weighted by Gasteiger charge is -2.05. The van der Waals surface area contributed by atoms with Crippen LogP contribution in [-0.2, 0) is 10.1 Å². The van der Waals surface area contributed by atoms with E-state index in [4.69, 9.17) is 0 Å². The highest BCUT2D eigenvalue weighted by Crippen LogP contribution is 2.27. The van der Waals surface area contributed by atoms with Gasteiger partial charge in [-0.3, -0.25) is 4.55 Å². The van der Waals surface area contributed by atoms with Crippen molar-refractivity contribution in [3.63, 3.8) is 0 Å². The molecule has 0 fully saturated rings. The number of fused-ring (bicyclic) bond motifs is 2. The Labute approximate surface area is 127 Å². The molecule has 3 rings (SSSR count). The van der Waals surface area contributed by atoms with Crippen molar-refractivity contribution >= 4 is 54.7 Å². The first-order valence-electron chi connectivity index (χ1n) is 5.45. The smallest absolute Gasteiger partial charge is 0.282 e. The Morgan fingerprint density at radius 2 is 1.37 bits per heavy atom.